The van der Waals surface area contributed by atoms with Crippen LogP contribution >= 0.6 is 0 Å². The molecule has 5 nitrogen and oxygen atoms in total. The Kier molecular flexibility index (Phi) is 6.66. The third kappa shape index (κ3) is 6.29. The number of carbonyl (C=O) groups is 2. The van der Waals surface area contributed by atoms with Gasteiger partial charge >= 0.3 is 5.97 Å². The van der Waals surface area contributed by atoms with Crippen molar-refractivity contribution in [3.63, 3.8) is 0 Å². The van der Waals surface area contributed by atoms with Crippen molar-refractivity contribution in [2.24, 2.45) is 0 Å². The van der Waals surface area contributed by atoms with E-state index in [1.165, 1.54) is 18.2 Å². The molecule has 0 aliphatic heterocycles. The van der Waals surface area contributed by atoms with E-state index in [4.69, 9.17) is 5.11 Å². The van der Waals surface area contributed by atoms with Crippen LogP contribution in [0.3, 0.4) is 0 Å². The number of halogens is 1. The summed E-state index contributed by atoms with van der Waals surface area (Å²) in [5, 5.41) is 11.2. The van der Waals surface area contributed by atoms with Crippen molar-refractivity contribution in [3.05, 3.63) is 30.1 Å². The van der Waals surface area contributed by atoms with Crippen LogP contribution in [0.5, 0.6) is 0 Å². The Balaban J connectivity index is 2.36. The summed E-state index contributed by atoms with van der Waals surface area (Å²) in [6, 6.07) is 5.69. The van der Waals surface area contributed by atoms with E-state index in [1.54, 1.807) is 6.07 Å². The largest absolute Gasteiger partial charge is 0.481 e. The number of hydrogen-bond acceptors (Lipinski definition) is 3. The highest BCUT2D eigenvalue weighted by Crippen LogP contribution is 2.09. The molecule has 1 aromatic carbocycles. The SMILES string of the molecule is CCN(CCC(=O)O)CCC(=O)Nc1cccc(F)c1. The Morgan fingerprint density at radius 1 is 1.30 bits per heavy atom. The maximum atomic E-state index is 12.9. The molecule has 0 saturated heterocycles. The number of nitrogens with zero attached hydrogens (tertiary/aromatic N) is 1. The molecule has 1 rings (SSSR count). The van der Waals surface area contributed by atoms with Gasteiger partial charge < -0.3 is 15.3 Å². The van der Waals surface area contributed by atoms with Gasteiger partial charge in [-0.2, -0.15) is 0 Å². The first-order chi connectivity index (χ1) is 9.51. The van der Waals surface area contributed by atoms with Crippen LogP contribution in [-0.2, 0) is 9.59 Å². The molecule has 0 aromatic heterocycles. The molecule has 0 fully saturated rings. The highest BCUT2D eigenvalue weighted by molar-refractivity contribution is 5.90. The van der Waals surface area contributed by atoms with Gasteiger partial charge in [0.25, 0.3) is 0 Å². The van der Waals surface area contributed by atoms with Gasteiger partial charge in [0.1, 0.15) is 5.82 Å². The van der Waals surface area contributed by atoms with Crippen LogP contribution in [0.25, 0.3) is 0 Å². The van der Waals surface area contributed by atoms with E-state index in [0.29, 0.717) is 25.3 Å². The predicted octanol–water partition coefficient (Wildman–Crippen LogP) is 1.95. The molecule has 1 amide bonds. The van der Waals surface area contributed by atoms with Crippen molar-refractivity contribution in [2.45, 2.75) is 19.8 Å². The Hall–Kier alpha value is -1.95. The lowest BCUT2D eigenvalue weighted by Gasteiger charge is -2.18. The molecule has 0 aliphatic rings. The summed E-state index contributed by atoms with van der Waals surface area (Å²) in [6.45, 7) is 3.48. The number of nitrogens with one attached hydrogen (secondary N) is 1. The van der Waals surface area contributed by atoms with E-state index in [9.17, 15) is 14.0 Å². The summed E-state index contributed by atoms with van der Waals surface area (Å²) in [5.74, 6) is -1.48. The molecule has 20 heavy (non-hydrogen) atoms. The molecule has 0 heterocycles. The van der Waals surface area contributed by atoms with Crippen LogP contribution in [-0.4, -0.2) is 41.5 Å². The van der Waals surface area contributed by atoms with Crippen molar-refractivity contribution in [1.82, 2.24) is 4.90 Å². The second kappa shape index (κ2) is 8.27. The number of amides is 1. The standard InChI is InChI=1S/C14H19FN2O3/c1-2-17(9-7-14(19)20)8-6-13(18)16-12-5-3-4-11(15)10-12/h3-5,10H,2,6-9H2,1H3,(H,16,18)(H,19,20). The van der Waals surface area contributed by atoms with Crippen LogP contribution in [0, 0.1) is 5.82 Å². The molecule has 1 aromatic rings. The molecule has 0 aliphatic carbocycles. The topological polar surface area (TPSA) is 69.6 Å². The van der Waals surface area contributed by atoms with Crippen molar-refractivity contribution < 1.29 is 19.1 Å². The lowest BCUT2D eigenvalue weighted by molar-refractivity contribution is -0.137. The first kappa shape index (κ1) is 16.1. The number of carbonyl (C=O) groups excluding carboxylic acids is 1. The molecular formula is C14H19FN2O3. The average Bonchev–Trinajstić information content (AvgIpc) is 2.38. The van der Waals surface area contributed by atoms with Crippen LogP contribution in [0.1, 0.15) is 19.8 Å². The number of benzene rings is 1. The summed E-state index contributed by atoms with van der Waals surface area (Å²) in [7, 11) is 0. The molecule has 0 unspecified atom stereocenters. The minimum Gasteiger partial charge on any atom is -0.481 e. The van der Waals surface area contributed by atoms with Gasteiger partial charge in [-0.3, -0.25) is 9.59 Å². The number of carboxylic acid groups (broad SMARTS) is 1. The monoisotopic (exact) mass is 282 g/mol. The molecule has 0 saturated carbocycles. The van der Waals surface area contributed by atoms with Crippen molar-refractivity contribution in [1.29, 1.82) is 0 Å². The van der Waals surface area contributed by atoms with E-state index in [2.05, 4.69) is 5.32 Å². The van der Waals surface area contributed by atoms with E-state index >= 15 is 0 Å². The predicted molar refractivity (Wildman–Crippen MR) is 74.0 cm³/mol. The van der Waals surface area contributed by atoms with Crippen molar-refractivity contribution in [2.75, 3.05) is 25.0 Å². The van der Waals surface area contributed by atoms with Crippen LogP contribution in [0.2, 0.25) is 0 Å². The Morgan fingerprint density at radius 2 is 2.00 bits per heavy atom. The molecule has 110 valence electrons. The minimum absolute atomic E-state index is 0.0549. The zero-order chi connectivity index (χ0) is 15.0. The Morgan fingerprint density at radius 3 is 2.60 bits per heavy atom. The fourth-order valence-electron chi connectivity index (χ4n) is 1.73. The number of aliphatic carboxylic acids is 1. The summed E-state index contributed by atoms with van der Waals surface area (Å²) in [4.78, 5) is 24.1. The molecule has 0 atom stereocenters. The molecule has 0 spiro atoms. The first-order valence-electron chi connectivity index (χ1n) is 6.51. The van der Waals surface area contributed by atoms with E-state index in [0.717, 1.165) is 0 Å². The fourth-order valence-corrected chi connectivity index (χ4v) is 1.73. The van der Waals surface area contributed by atoms with Gasteiger partial charge in [-0.15, -0.1) is 0 Å². The van der Waals surface area contributed by atoms with Gasteiger partial charge in [-0.25, -0.2) is 4.39 Å². The zero-order valence-electron chi connectivity index (χ0n) is 11.4. The Bertz CT molecular complexity index is 465. The van der Waals surface area contributed by atoms with Gasteiger partial charge in [-0.05, 0) is 24.7 Å². The quantitative estimate of drug-likeness (QED) is 0.764. The molecular weight excluding hydrogens is 263 g/mol. The van der Waals surface area contributed by atoms with Crippen LogP contribution in [0.4, 0.5) is 10.1 Å². The third-order valence-corrected chi connectivity index (χ3v) is 2.85. The number of carboxylic acids is 1. The van der Waals surface area contributed by atoms with E-state index in [-0.39, 0.29) is 18.7 Å². The van der Waals surface area contributed by atoms with Crippen LogP contribution in [0.15, 0.2) is 24.3 Å². The lowest BCUT2D eigenvalue weighted by atomic mass is 10.3. The average molecular weight is 282 g/mol. The van der Waals surface area contributed by atoms with Crippen LogP contribution < -0.4 is 5.32 Å². The van der Waals surface area contributed by atoms with Gasteiger partial charge in [0.05, 0.1) is 6.42 Å². The zero-order valence-corrected chi connectivity index (χ0v) is 11.4. The number of hydrogen-bond donors (Lipinski definition) is 2. The summed E-state index contributed by atoms with van der Waals surface area (Å²) in [6.07, 6.45) is 0.295. The van der Waals surface area contributed by atoms with Crippen molar-refractivity contribution >= 4 is 17.6 Å². The molecule has 2 N–H and O–H groups in total. The molecule has 6 heteroatoms. The summed E-state index contributed by atoms with van der Waals surface area (Å²) < 4.78 is 12.9. The van der Waals surface area contributed by atoms with Gasteiger partial charge in [-0.1, -0.05) is 13.0 Å². The first-order valence-corrected chi connectivity index (χ1v) is 6.51. The van der Waals surface area contributed by atoms with Gasteiger partial charge in [0.15, 0.2) is 0 Å². The van der Waals surface area contributed by atoms with E-state index < -0.39 is 11.8 Å². The fraction of sp³-hybridized carbons (Fsp3) is 0.429. The lowest BCUT2D eigenvalue weighted by Crippen LogP contribution is -2.29. The number of rotatable bonds is 8. The van der Waals surface area contributed by atoms with Crippen molar-refractivity contribution in [3.8, 4) is 0 Å². The maximum Gasteiger partial charge on any atom is 0.304 e. The molecule has 0 bridgehead atoms. The number of anilines is 1. The normalized spacial score (nSPS) is 10.6. The van der Waals surface area contributed by atoms with E-state index in [1.807, 2.05) is 11.8 Å². The van der Waals surface area contributed by atoms with Gasteiger partial charge in [0, 0.05) is 25.2 Å². The summed E-state index contributed by atoms with van der Waals surface area (Å²) in [5.41, 5.74) is 0.420. The maximum absolute atomic E-state index is 12.9. The smallest absolute Gasteiger partial charge is 0.304 e. The second-order valence-electron chi connectivity index (χ2n) is 4.39. The highest BCUT2D eigenvalue weighted by atomic mass is 19.1. The Labute approximate surface area is 117 Å². The summed E-state index contributed by atoms with van der Waals surface area (Å²) >= 11 is 0. The minimum atomic E-state index is -0.854. The second-order valence-corrected chi connectivity index (χ2v) is 4.39. The third-order valence-electron chi connectivity index (χ3n) is 2.85. The molecule has 0 radical (unpaired) electrons. The highest BCUT2D eigenvalue weighted by Gasteiger charge is 2.09. The van der Waals surface area contributed by atoms with Gasteiger partial charge in [0.2, 0.25) is 5.91 Å².